The molecule has 2 aliphatic rings. The van der Waals surface area contributed by atoms with Crippen molar-refractivity contribution in [3.05, 3.63) is 18.0 Å². The molecular formula is C16H23F3N4O. The highest BCUT2D eigenvalue weighted by atomic mass is 19.4. The molecule has 2 amide bonds. The zero-order valence-corrected chi connectivity index (χ0v) is 13.5. The van der Waals surface area contributed by atoms with E-state index >= 15 is 0 Å². The molecule has 1 aromatic heterocycles. The summed E-state index contributed by atoms with van der Waals surface area (Å²) in [5, 5.41) is 9.07. The fraction of sp³-hybridized carbons (Fsp3) is 0.750. The van der Waals surface area contributed by atoms with Crippen LogP contribution in [0, 0.1) is 5.92 Å². The van der Waals surface area contributed by atoms with Crippen LogP contribution in [0.25, 0.3) is 0 Å². The number of urea groups is 1. The molecule has 1 aromatic rings. The predicted octanol–water partition coefficient (Wildman–Crippen LogP) is 3.42. The number of halogens is 3. The minimum Gasteiger partial charge on any atom is -0.326 e. The van der Waals surface area contributed by atoms with E-state index in [4.69, 9.17) is 0 Å². The number of carbonyl (C=O) groups excluding carboxylic acids is 1. The van der Waals surface area contributed by atoms with Gasteiger partial charge in [0, 0.05) is 30.9 Å². The Balaban J connectivity index is 1.64. The smallest absolute Gasteiger partial charge is 0.326 e. The standard InChI is InChI=1S/C16H23F3N4O/c17-16(18,19)14(11-4-1-2-5-11)21-15(24)23-9-3-6-12(10-23)13-7-8-20-22-13/h7-8,11-12,14H,1-6,9-10H2,(H,20,22)(H,21,24). The molecule has 1 aliphatic carbocycles. The van der Waals surface area contributed by atoms with Crippen LogP contribution in [-0.4, -0.2) is 46.4 Å². The highest BCUT2D eigenvalue weighted by Crippen LogP contribution is 2.36. The third kappa shape index (κ3) is 3.84. The van der Waals surface area contributed by atoms with Crippen LogP contribution in [0.3, 0.4) is 0 Å². The number of hydrogen-bond donors (Lipinski definition) is 2. The van der Waals surface area contributed by atoms with E-state index in [0.29, 0.717) is 25.9 Å². The Morgan fingerprint density at radius 3 is 2.67 bits per heavy atom. The molecule has 1 saturated carbocycles. The number of aromatic amines is 1. The van der Waals surface area contributed by atoms with Gasteiger partial charge < -0.3 is 10.2 Å². The lowest BCUT2D eigenvalue weighted by Crippen LogP contribution is -2.55. The number of likely N-dealkylation sites (tertiary alicyclic amines) is 1. The van der Waals surface area contributed by atoms with Crippen molar-refractivity contribution in [1.82, 2.24) is 20.4 Å². The monoisotopic (exact) mass is 344 g/mol. The molecule has 2 N–H and O–H groups in total. The number of aromatic nitrogens is 2. The summed E-state index contributed by atoms with van der Waals surface area (Å²) >= 11 is 0. The second-order valence-electron chi connectivity index (χ2n) is 6.81. The Bertz CT molecular complexity index is 540. The van der Waals surface area contributed by atoms with Gasteiger partial charge in [-0.2, -0.15) is 18.3 Å². The van der Waals surface area contributed by atoms with Crippen LogP contribution in [0.15, 0.2) is 12.3 Å². The minimum atomic E-state index is -4.40. The highest BCUT2D eigenvalue weighted by molar-refractivity contribution is 5.75. The number of hydrogen-bond acceptors (Lipinski definition) is 2. The van der Waals surface area contributed by atoms with Crippen molar-refractivity contribution in [2.24, 2.45) is 5.92 Å². The number of alkyl halides is 3. The van der Waals surface area contributed by atoms with Gasteiger partial charge in [-0.25, -0.2) is 4.79 Å². The van der Waals surface area contributed by atoms with E-state index in [1.807, 2.05) is 6.07 Å². The van der Waals surface area contributed by atoms with E-state index in [0.717, 1.165) is 31.4 Å². The van der Waals surface area contributed by atoms with E-state index < -0.39 is 24.2 Å². The molecule has 0 bridgehead atoms. The van der Waals surface area contributed by atoms with Gasteiger partial charge in [0.2, 0.25) is 0 Å². The first-order valence-corrected chi connectivity index (χ1v) is 8.56. The van der Waals surface area contributed by atoms with Crippen LogP contribution >= 0.6 is 0 Å². The maximum atomic E-state index is 13.4. The van der Waals surface area contributed by atoms with Crippen molar-refractivity contribution in [1.29, 1.82) is 0 Å². The molecule has 3 rings (SSSR count). The first-order valence-electron chi connectivity index (χ1n) is 8.56. The first kappa shape index (κ1) is 17.1. The van der Waals surface area contributed by atoms with Crippen molar-refractivity contribution in [3.63, 3.8) is 0 Å². The average molecular weight is 344 g/mol. The van der Waals surface area contributed by atoms with Gasteiger partial charge >= 0.3 is 12.2 Å². The van der Waals surface area contributed by atoms with Crippen LogP contribution < -0.4 is 5.32 Å². The van der Waals surface area contributed by atoms with Gasteiger partial charge in [0.1, 0.15) is 6.04 Å². The van der Waals surface area contributed by atoms with Gasteiger partial charge in [-0.05, 0) is 37.7 Å². The summed E-state index contributed by atoms with van der Waals surface area (Å²) in [6.45, 7) is 0.912. The first-order chi connectivity index (χ1) is 11.4. The lowest BCUT2D eigenvalue weighted by molar-refractivity contribution is -0.165. The Morgan fingerprint density at radius 2 is 2.04 bits per heavy atom. The zero-order chi connectivity index (χ0) is 17.2. The van der Waals surface area contributed by atoms with Gasteiger partial charge in [-0.15, -0.1) is 0 Å². The molecule has 2 atom stereocenters. The number of carbonyl (C=O) groups is 1. The van der Waals surface area contributed by atoms with Crippen molar-refractivity contribution >= 4 is 6.03 Å². The second kappa shape index (κ2) is 7.03. The molecule has 134 valence electrons. The topological polar surface area (TPSA) is 61.0 Å². The molecule has 24 heavy (non-hydrogen) atoms. The number of nitrogens with one attached hydrogen (secondary N) is 2. The number of rotatable bonds is 3. The quantitative estimate of drug-likeness (QED) is 0.883. The maximum Gasteiger partial charge on any atom is 0.408 e. The second-order valence-corrected chi connectivity index (χ2v) is 6.81. The minimum absolute atomic E-state index is 0.0998. The van der Waals surface area contributed by atoms with Gasteiger partial charge in [-0.1, -0.05) is 12.8 Å². The van der Waals surface area contributed by atoms with Gasteiger partial charge in [0.25, 0.3) is 0 Å². The summed E-state index contributed by atoms with van der Waals surface area (Å²) in [5.41, 5.74) is 0.927. The van der Waals surface area contributed by atoms with Crippen LogP contribution in [0.1, 0.15) is 50.1 Å². The SMILES string of the molecule is O=C(NC(C1CCCC1)C(F)(F)F)N1CCCC(c2ccn[nH]2)C1. The molecule has 8 heteroatoms. The van der Waals surface area contributed by atoms with Crippen molar-refractivity contribution in [3.8, 4) is 0 Å². The van der Waals surface area contributed by atoms with Crippen molar-refractivity contribution in [2.45, 2.75) is 56.7 Å². The number of piperidine rings is 1. The summed E-state index contributed by atoms with van der Waals surface area (Å²) in [4.78, 5) is 13.9. The molecule has 0 spiro atoms. The van der Waals surface area contributed by atoms with Crippen LogP contribution in [-0.2, 0) is 0 Å². The van der Waals surface area contributed by atoms with Gasteiger partial charge in [-0.3, -0.25) is 5.10 Å². The largest absolute Gasteiger partial charge is 0.408 e. The molecule has 2 fully saturated rings. The van der Waals surface area contributed by atoms with E-state index in [9.17, 15) is 18.0 Å². The molecular weight excluding hydrogens is 321 g/mol. The third-order valence-electron chi connectivity index (χ3n) is 5.17. The van der Waals surface area contributed by atoms with E-state index in [1.165, 1.54) is 4.90 Å². The van der Waals surface area contributed by atoms with Crippen LogP contribution in [0.4, 0.5) is 18.0 Å². The van der Waals surface area contributed by atoms with E-state index in [2.05, 4.69) is 15.5 Å². The summed E-state index contributed by atoms with van der Waals surface area (Å²) in [5.74, 6) is -0.398. The molecule has 2 unspecified atom stereocenters. The lowest BCUT2D eigenvalue weighted by Gasteiger charge is -2.35. The summed E-state index contributed by atoms with van der Waals surface area (Å²) in [7, 11) is 0. The molecule has 2 heterocycles. The summed E-state index contributed by atoms with van der Waals surface area (Å²) in [6.07, 6.45) is 1.59. The number of H-pyrrole nitrogens is 1. The fourth-order valence-electron chi connectivity index (χ4n) is 3.89. The van der Waals surface area contributed by atoms with Crippen molar-refractivity contribution < 1.29 is 18.0 Å². The molecule has 5 nitrogen and oxygen atoms in total. The van der Waals surface area contributed by atoms with Crippen LogP contribution in [0.2, 0.25) is 0 Å². The van der Waals surface area contributed by atoms with Gasteiger partial charge in [0.05, 0.1) is 0 Å². The summed E-state index contributed by atoms with van der Waals surface area (Å²) in [6, 6.07) is -0.489. The predicted molar refractivity (Wildman–Crippen MR) is 82.5 cm³/mol. The fourth-order valence-corrected chi connectivity index (χ4v) is 3.89. The summed E-state index contributed by atoms with van der Waals surface area (Å²) < 4.78 is 40.1. The molecule has 0 radical (unpaired) electrons. The molecule has 1 aliphatic heterocycles. The highest BCUT2D eigenvalue weighted by Gasteiger charge is 2.46. The maximum absolute atomic E-state index is 13.4. The van der Waals surface area contributed by atoms with E-state index in [1.54, 1.807) is 6.20 Å². The Morgan fingerprint density at radius 1 is 1.29 bits per heavy atom. The number of nitrogens with zero attached hydrogens (tertiary/aromatic N) is 2. The average Bonchev–Trinajstić information content (AvgIpc) is 3.24. The zero-order valence-electron chi connectivity index (χ0n) is 13.5. The Hall–Kier alpha value is -1.73. The lowest BCUT2D eigenvalue weighted by atomic mass is 9.95. The van der Waals surface area contributed by atoms with Gasteiger partial charge in [0.15, 0.2) is 0 Å². The Labute approximate surface area is 139 Å². The van der Waals surface area contributed by atoms with Crippen molar-refractivity contribution in [2.75, 3.05) is 13.1 Å². The van der Waals surface area contributed by atoms with Crippen LogP contribution in [0.5, 0.6) is 0 Å². The number of amides is 2. The molecule has 1 saturated heterocycles. The normalized spacial score (nSPS) is 24.1. The third-order valence-corrected chi connectivity index (χ3v) is 5.17. The van der Waals surface area contributed by atoms with E-state index in [-0.39, 0.29) is 5.92 Å². The Kier molecular flexibility index (Phi) is 5.01. The molecule has 0 aromatic carbocycles.